The number of aromatic nitrogens is 3. The molecule has 0 atom stereocenters. The Morgan fingerprint density at radius 2 is 2.10 bits per heavy atom. The van der Waals surface area contributed by atoms with Crippen molar-refractivity contribution in [1.29, 1.82) is 0 Å². The number of rotatable bonds is 2. The maximum absolute atomic E-state index is 6.26. The number of nitrogens with one attached hydrogen (secondary N) is 1. The van der Waals surface area contributed by atoms with Gasteiger partial charge in [0, 0.05) is 11.6 Å². The molecule has 106 valence electrons. The van der Waals surface area contributed by atoms with Gasteiger partial charge in [0.25, 0.3) is 0 Å². The molecule has 0 saturated carbocycles. The van der Waals surface area contributed by atoms with Gasteiger partial charge in [0.05, 0.1) is 10.5 Å². The summed E-state index contributed by atoms with van der Waals surface area (Å²) in [6.07, 6.45) is 4.04. The summed E-state index contributed by atoms with van der Waals surface area (Å²) in [5.74, 6) is 0. The van der Waals surface area contributed by atoms with Crippen LogP contribution in [0.1, 0.15) is 25.0 Å². The molecule has 0 aliphatic carbocycles. The molecular formula is C17H16ClN3. The Bertz CT molecular complexity index is 978. The third-order valence-corrected chi connectivity index (χ3v) is 4.46. The highest BCUT2D eigenvalue weighted by atomic mass is 35.5. The van der Waals surface area contributed by atoms with Crippen LogP contribution in [0.2, 0.25) is 5.02 Å². The van der Waals surface area contributed by atoms with Crippen molar-refractivity contribution in [2.24, 2.45) is 0 Å². The van der Waals surface area contributed by atoms with Gasteiger partial charge in [0.2, 0.25) is 0 Å². The number of halogens is 1. The molecule has 4 aromatic rings. The Morgan fingerprint density at radius 3 is 2.86 bits per heavy atom. The molecule has 3 aromatic heterocycles. The fraction of sp³-hybridized carbons (Fsp3) is 0.235. The lowest BCUT2D eigenvalue weighted by Gasteiger charge is -2.04. The van der Waals surface area contributed by atoms with Crippen LogP contribution in [0.25, 0.3) is 27.7 Å². The van der Waals surface area contributed by atoms with Gasteiger partial charge in [-0.25, -0.2) is 4.98 Å². The first-order valence-electron chi connectivity index (χ1n) is 7.32. The Morgan fingerprint density at radius 1 is 1.24 bits per heavy atom. The summed E-state index contributed by atoms with van der Waals surface area (Å²) in [7, 11) is 0. The zero-order chi connectivity index (χ0) is 14.6. The zero-order valence-electron chi connectivity index (χ0n) is 12.1. The summed E-state index contributed by atoms with van der Waals surface area (Å²) in [5, 5.41) is 1.87. The number of benzene rings is 1. The Kier molecular flexibility index (Phi) is 2.73. The van der Waals surface area contributed by atoms with Crippen LogP contribution < -0.4 is 0 Å². The lowest BCUT2D eigenvalue weighted by molar-refractivity contribution is 1.10. The van der Waals surface area contributed by atoms with Crippen LogP contribution in [0.3, 0.4) is 0 Å². The van der Waals surface area contributed by atoms with Crippen LogP contribution in [0.5, 0.6) is 0 Å². The van der Waals surface area contributed by atoms with E-state index in [-0.39, 0.29) is 0 Å². The van der Waals surface area contributed by atoms with Crippen LogP contribution in [-0.2, 0) is 12.8 Å². The highest BCUT2D eigenvalue weighted by Gasteiger charge is 2.15. The van der Waals surface area contributed by atoms with Crippen LogP contribution >= 0.6 is 11.6 Å². The largest absolute Gasteiger partial charge is 0.339 e. The third-order valence-electron chi connectivity index (χ3n) is 4.17. The molecule has 0 aliphatic heterocycles. The van der Waals surface area contributed by atoms with Gasteiger partial charge >= 0.3 is 0 Å². The lowest BCUT2D eigenvalue weighted by Crippen LogP contribution is -1.89. The molecule has 3 heterocycles. The number of hydrogen-bond acceptors (Lipinski definition) is 1. The molecule has 1 N–H and O–H groups in total. The van der Waals surface area contributed by atoms with Gasteiger partial charge in [-0.3, -0.25) is 4.40 Å². The second-order valence-corrected chi connectivity index (χ2v) is 5.78. The quantitative estimate of drug-likeness (QED) is 0.569. The molecule has 0 aliphatic rings. The predicted octanol–water partition coefficient (Wildman–Crippen LogP) is 4.75. The fourth-order valence-electron chi connectivity index (χ4n) is 3.05. The maximum Gasteiger partial charge on any atom is 0.157 e. The van der Waals surface area contributed by atoms with Crippen molar-refractivity contribution in [1.82, 2.24) is 14.4 Å². The Hall–Kier alpha value is -2.00. The second kappa shape index (κ2) is 4.50. The number of nitrogens with zero attached hydrogens (tertiary/aromatic N) is 2. The van der Waals surface area contributed by atoms with Crippen molar-refractivity contribution in [3.8, 4) is 0 Å². The number of aryl methyl sites for hydroxylation is 2. The van der Waals surface area contributed by atoms with E-state index >= 15 is 0 Å². The summed E-state index contributed by atoms with van der Waals surface area (Å²) in [4.78, 5) is 8.29. The first kappa shape index (κ1) is 12.7. The SMILES string of the molecule is CCc1cc(CC)c2[nH]c3c(nc4c(Cl)cccn43)c2c1. The Labute approximate surface area is 127 Å². The van der Waals surface area contributed by atoms with Crippen molar-refractivity contribution < 1.29 is 0 Å². The molecule has 0 amide bonds. The van der Waals surface area contributed by atoms with Crippen molar-refractivity contribution >= 4 is 39.3 Å². The van der Waals surface area contributed by atoms with E-state index in [4.69, 9.17) is 16.6 Å². The van der Waals surface area contributed by atoms with Crippen molar-refractivity contribution in [3.05, 3.63) is 46.6 Å². The van der Waals surface area contributed by atoms with Gasteiger partial charge < -0.3 is 4.98 Å². The molecule has 3 nitrogen and oxygen atoms in total. The summed E-state index contributed by atoms with van der Waals surface area (Å²) >= 11 is 6.26. The van der Waals surface area contributed by atoms with Crippen LogP contribution in [-0.4, -0.2) is 14.4 Å². The van der Waals surface area contributed by atoms with Gasteiger partial charge in [-0.05, 0) is 42.2 Å². The molecular weight excluding hydrogens is 282 g/mol. The van der Waals surface area contributed by atoms with Gasteiger partial charge in [0.1, 0.15) is 11.2 Å². The lowest BCUT2D eigenvalue weighted by atomic mass is 10.0. The normalized spacial score (nSPS) is 12.0. The number of fused-ring (bicyclic) bond motifs is 5. The van der Waals surface area contributed by atoms with E-state index in [1.54, 1.807) is 0 Å². The van der Waals surface area contributed by atoms with E-state index in [0.29, 0.717) is 5.02 Å². The summed E-state index contributed by atoms with van der Waals surface area (Å²) in [6, 6.07) is 8.35. The summed E-state index contributed by atoms with van der Waals surface area (Å²) in [5.41, 5.74) is 6.72. The number of pyridine rings is 1. The van der Waals surface area contributed by atoms with Crippen molar-refractivity contribution in [2.75, 3.05) is 0 Å². The monoisotopic (exact) mass is 297 g/mol. The molecule has 4 heteroatoms. The highest BCUT2D eigenvalue weighted by Crippen LogP contribution is 2.31. The summed E-state index contributed by atoms with van der Waals surface area (Å²) in [6.45, 7) is 4.38. The van der Waals surface area contributed by atoms with E-state index in [1.807, 2.05) is 22.7 Å². The standard InChI is InChI=1S/C17H16ClN3/c1-3-10-8-11(4-2)14-12(9-10)15-17(19-14)21-7-5-6-13(18)16(21)20-15/h5-9,19H,3-4H2,1-2H3. The highest BCUT2D eigenvalue weighted by molar-refractivity contribution is 6.33. The molecule has 0 bridgehead atoms. The van der Waals surface area contributed by atoms with E-state index in [1.165, 1.54) is 22.0 Å². The minimum Gasteiger partial charge on any atom is -0.339 e. The third kappa shape index (κ3) is 1.70. The average molecular weight is 298 g/mol. The molecule has 0 fully saturated rings. The molecule has 0 unspecified atom stereocenters. The van der Waals surface area contributed by atoms with Crippen LogP contribution in [0, 0.1) is 0 Å². The van der Waals surface area contributed by atoms with E-state index < -0.39 is 0 Å². The van der Waals surface area contributed by atoms with E-state index in [0.717, 1.165) is 29.7 Å². The minimum atomic E-state index is 0.678. The Balaban J connectivity index is 2.21. The zero-order valence-corrected chi connectivity index (χ0v) is 12.8. The fourth-order valence-corrected chi connectivity index (χ4v) is 3.25. The van der Waals surface area contributed by atoms with Crippen molar-refractivity contribution in [3.63, 3.8) is 0 Å². The van der Waals surface area contributed by atoms with Gasteiger partial charge in [-0.2, -0.15) is 0 Å². The average Bonchev–Trinajstić information content (AvgIpc) is 3.04. The van der Waals surface area contributed by atoms with Crippen molar-refractivity contribution in [2.45, 2.75) is 26.7 Å². The maximum atomic E-state index is 6.26. The predicted molar refractivity (Wildman–Crippen MR) is 88.3 cm³/mol. The topological polar surface area (TPSA) is 33.1 Å². The number of aromatic amines is 1. The van der Waals surface area contributed by atoms with E-state index in [9.17, 15) is 0 Å². The molecule has 0 spiro atoms. The van der Waals surface area contributed by atoms with Crippen LogP contribution in [0.15, 0.2) is 30.5 Å². The molecule has 0 saturated heterocycles. The first-order valence-corrected chi connectivity index (χ1v) is 7.70. The van der Waals surface area contributed by atoms with E-state index in [2.05, 4.69) is 31.0 Å². The first-order chi connectivity index (χ1) is 10.2. The van der Waals surface area contributed by atoms with Crippen LogP contribution in [0.4, 0.5) is 0 Å². The minimum absolute atomic E-state index is 0.678. The van der Waals surface area contributed by atoms with Gasteiger partial charge in [-0.1, -0.05) is 31.5 Å². The molecule has 1 aromatic carbocycles. The summed E-state index contributed by atoms with van der Waals surface area (Å²) < 4.78 is 2.03. The molecule has 0 radical (unpaired) electrons. The number of hydrogen-bond donors (Lipinski definition) is 1. The number of H-pyrrole nitrogens is 1. The molecule has 21 heavy (non-hydrogen) atoms. The smallest absolute Gasteiger partial charge is 0.157 e. The second-order valence-electron chi connectivity index (χ2n) is 5.37. The van der Waals surface area contributed by atoms with Gasteiger partial charge in [-0.15, -0.1) is 0 Å². The molecule has 4 rings (SSSR count). The number of imidazole rings is 1. The van der Waals surface area contributed by atoms with Gasteiger partial charge in [0.15, 0.2) is 5.65 Å².